The smallest absolute Gasteiger partial charge is 0.260 e. The van der Waals surface area contributed by atoms with Gasteiger partial charge in [-0.25, -0.2) is 4.98 Å². The first-order chi connectivity index (χ1) is 12.6. The van der Waals surface area contributed by atoms with E-state index in [1.807, 2.05) is 35.7 Å². The lowest BCUT2D eigenvalue weighted by Gasteiger charge is -2.18. The number of carbonyl (C=O) groups is 3. The van der Waals surface area contributed by atoms with Gasteiger partial charge in [0.15, 0.2) is 10.3 Å². The monoisotopic (exact) mass is 388 g/mol. The average molecular weight is 388 g/mol. The van der Waals surface area contributed by atoms with E-state index in [-0.39, 0.29) is 22.7 Å². The lowest BCUT2D eigenvalue weighted by Crippen LogP contribution is -2.42. The van der Waals surface area contributed by atoms with Crippen LogP contribution in [0.1, 0.15) is 13.3 Å². The number of aromatic nitrogens is 1. The fraction of sp³-hybridized carbons (Fsp3) is 0.235. The second kappa shape index (κ2) is 8.24. The maximum atomic E-state index is 12.1. The summed E-state index contributed by atoms with van der Waals surface area (Å²) in [5, 5.41) is 7.78. The van der Waals surface area contributed by atoms with Crippen molar-refractivity contribution in [1.82, 2.24) is 10.3 Å². The van der Waals surface area contributed by atoms with Gasteiger partial charge in [0.1, 0.15) is 5.92 Å². The lowest BCUT2D eigenvalue weighted by atomic mass is 10.0. The number of amidine groups is 1. The molecule has 26 heavy (non-hydrogen) atoms. The third kappa shape index (κ3) is 4.36. The maximum Gasteiger partial charge on any atom is 0.260 e. The van der Waals surface area contributed by atoms with Gasteiger partial charge >= 0.3 is 0 Å². The highest BCUT2D eigenvalue weighted by molar-refractivity contribution is 8.14. The first-order valence-electron chi connectivity index (χ1n) is 7.94. The molecule has 0 saturated carbocycles. The molecule has 0 radical (unpaired) electrons. The Morgan fingerprint density at radius 2 is 2.08 bits per heavy atom. The minimum absolute atomic E-state index is 0.0173. The van der Waals surface area contributed by atoms with Crippen LogP contribution in [-0.4, -0.2) is 33.6 Å². The van der Waals surface area contributed by atoms with Crippen LogP contribution in [-0.2, 0) is 14.4 Å². The van der Waals surface area contributed by atoms with Crippen molar-refractivity contribution in [1.29, 1.82) is 0 Å². The predicted octanol–water partition coefficient (Wildman–Crippen LogP) is 2.52. The molecule has 2 heterocycles. The number of anilines is 1. The molecule has 9 heteroatoms. The van der Waals surface area contributed by atoms with E-state index in [0.29, 0.717) is 11.6 Å². The summed E-state index contributed by atoms with van der Waals surface area (Å²) in [6.45, 7) is 1.75. The number of nitrogens with one attached hydrogen (secondary N) is 2. The summed E-state index contributed by atoms with van der Waals surface area (Å²) in [5.74, 6) is -1.84. The molecule has 2 aromatic rings. The summed E-state index contributed by atoms with van der Waals surface area (Å²) in [4.78, 5) is 43.8. The highest BCUT2D eigenvalue weighted by atomic mass is 32.2. The summed E-state index contributed by atoms with van der Waals surface area (Å²) in [6, 6.07) is 9.66. The number of hydrogen-bond donors (Lipinski definition) is 2. The van der Waals surface area contributed by atoms with E-state index in [0.717, 1.165) is 23.0 Å². The molecule has 1 aromatic heterocycles. The molecule has 7 nitrogen and oxygen atoms in total. The number of hydrogen-bond acceptors (Lipinski definition) is 6. The predicted molar refractivity (Wildman–Crippen MR) is 103 cm³/mol. The minimum atomic E-state index is -0.736. The molecule has 0 spiro atoms. The molecule has 1 atom stereocenters. The van der Waals surface area contributed by atoms with Gasteiger partial charge in [-0.2, -0.15) is 4.99 Å². The third-order valence-electron chi connectivity index (χ3n) is 3.62. The SMILES string of the molecule is CC[C@@H]1C(=O)N=C(SCC(=O)Nc2nc(-c3ccccc3)cs2)NC1=O. The van der Waals surface area contributed by atoms with E-state index in [1.54, 1.807) is 6.92 Å². The van der Waals surface area contributed by atoms with Crippen molar-refractivity contribution < 1.29 is 14.4 Å². The molecule has 1 aliphatic rings. The molecule has 134 valence electrons. The van der Waals surface area contributed by atoms with Gasteiger partial charge in [0.2, 0.25) is 11.8 Å². The van der Waals surface area contributed by atoms with Crippen LogP contribution in [0, 0.1) is 5.92 Å². The summed E-state index contributed by atoms with van der Waals surface area (Å²) in [6.07, 6.45) is 0.403. The number of rotatable bonds is 5. The van der Waals surface area contributed by atoms with Gasteiger partial charge in [0, 0.05) is 10.9 Å². The van der Waals surface area contributed by atoms with Gasteiger partial charge in [0.25, 0.3) is 5.91 Å². The number of amides is 3. The molecule has 1 aromatic carbocycles. The zero-order chi connectivity index (χ0) is 18.5. The number of thioether (sulfide) groups is 1. The topological polar surface area (TPSA) is 101 Å². The first-order valence-corrected chi connectivity index (χ1v) is 9.80. The molecular weight excluding hydrogens is 372 g/mol. The Labute approximate surface area is 158 Å². The number of nitrogens with zero attached hydrogens (tertiary/aromatic N) is 2. The number of thiazole rings is 1. The standard InChI is InChI=1S/C17H16N4O3S2/c1-2-11-14(23)20-17(21-15(11)24)26-9-13(22)19-16-18-12(8-25-16)10-6-4-3-5-7-10/h3-8,11H,2,9H2,1H3,(H,18,19,22)(H,20,21,23,24). The van der Waals surface area contributed by atoms with E-state index in [4.69, 9.17) is 0 Å². The number of aliphatic imine (C=N–C) groups is 1. The van der Waals surface area contributed by atoms with Crippen molar-refractivity contribution in [2.24, 2.45) is 10.9 Å². The normalized spacial score (nSPS) is 16.8. The summed E-state index contributed by atoms with van der Waals surface area (Å²) in [5.41, 5.74) is 1.76. The van der Waals surface area contributed by atoms with E-state index in [2.05, 4.69) is 20.6 Å². The number of carbonyl (C=O) groups excluding carboxylic acids is 3. The molecule has 0 unspecified atom stereocenters. The fourth-order valence-electron chi connectivity index (χ4n) is 2.30. The average Bonchev–Trinajstić information content (AvgIpc) is 3.09. The van der Waals surface area contributed by atoms with E-state index in [1.165, 1.54) is 11.3 Å². The molecule has 3 amide bonds. The van der Waals surface area contributed by atoms with Crippen LogP contribution in [0.2, 0.25) is 0 Å². The van der Waals surface area contributed by atoms with Crippen molar-refractivity contribution in [2.75, 3.05) is 11.1 Å². The Morgan fingerprint density at radius 1 is 1.31 bits per heavy atom. The van der Waals surface area contributed by atoms with Gasteiger partial charge in [0.05, 0.1) is 11.4 Å². The van der Waals surface area contributed by atoms with E-state index >= 15 is 0 Å². The van der Waals surface area contributed by atoms with Crippen molar-refractivity contribution in [3.8, 4) is 11.3 Å². The van der Waals surface area contributed by atoms with Crippen LogP contribution in [0.3, 0.4) is 0 Å². The van der Waals surface area contributed by atoms with Gasteiger partial charge in [-0.15, -0.1) is 11.3 Å². The van der Waals surface area contributed by atoms with E-state index in [9.17, 15) is 14.4 Å². The van der Waals surface area contributed by atoms with Crippen LogP contribution in [0.4, 0.5) is 5.13 Å². The summed E-state index contributed by atoms with van der Waals surface area (Å²) < 4.78 is 0. The van der Waals surface area contributed by atoms with Gasteiger partial charge < -0.3 is 10.6 Å². The molecule has 0 bridgehead atoms. The highest BCUT2D eigenvalue weighted by Gasteiger charge is 2.30. The summed E-state index contributed by atoms with van der Waals surface area (Å²) in [7, 11) is 0. The Kier molecular flexibility index (Phi) is 5.79. The second-order valence-electron chi connectivity index (χ2n) is 5.45. The van der Waals surface area contributed by atoms with Crippen molar-refractivity contribution >= 4 is 51.1 Å². The minimum Gasteiger partial charge on any atom is -0.304 e. The quantitative estimate of drug-likeness (QED) is 0.767. The Balaban J connectivity index is 1.55. The molecule has 0 saturated heterocycles. The highest BCUT2D eigenvalue weighted by Crippen LogP contribution is 2.24. The van der Waals surface area contributed by atoms with Crippen molar-refractivity contribution in [2.45, 2.75) is 13.3 Å². The Hall–Kier alpha value is -2.52. The molecular formula is C17H16N4O3S2. The lowest BCUT2D eigenvalue weighted by molar-refractivity contribution is -0.133. The van der Waals surface area contributed by atoms with Crippen LogP contribution >= 0.6 is 23.1 Å². The zero-order valence-corrected chi connectivity index (χ0v) is 15.5. The van der Waals surface area contributed by atoms with Crippen LogP contribution in [0.25, 0.3) is 11.3 Å². The molecule has 0 aliphatic carbocycles. The van der Waals surface area contributed by atoms with Crippen LogP contribution in [0.5, 0.6) is 0 Å². The maximum absolute atomic E-state index is 12.1. The van der Waals surface area contributed by atoms with Crippen LogP contribution < -0.4 is 10.6 Å². The summed E-state index contributed by atoms with van der Waals surface area (Å²) >= 11 is 2.34. The Morgan fingerprint density at radius 3 is 2.77 bits per heavy atom. The van der Waals surface area contributed by atoms with Gasteiger partial charge in [-0.1, -0.05) is 49.0 Å². The molecule has 3 rings (SSSR count). The van der Waals surface area contributed by atoms with Gasteiger partial charge in [-0.3, -0.25) is 14.4 Å². The second-order valence-corrected chi connectivity index (χ2v) is 7.27. The molecule has 2 N–H and O–H groups in total. The first kappa shape index (κ1) is 18.3. The van der Waals surface area contributed by atoms with Crippen molar-refractivity contribution in [3.63, 3.8) is 0 Å². The van der Waals surface area contributed by atoms with Crippen molar-refractivity contribution in [3.05, 3.63) is 35.7 Å². The van der Waals surface area contributed by atoms with Gasteiger partial charge in [-0.05, 0) is 6.42 Å². The molecule has 1 aliphatic heterocycles. The largest absolute Gasteiger partial charge is 0.304 e. The Bertz CT molecular complexity index is 864. The van der Waals surface area contributed by atoms with Crippen LogP contribution in [0.15, 0.2) is 40.7 Å². The fourth-order valence-corrected chi connectivity index (χ4v) is 3.70. The third-order valence-corrected chi connectivity index (χ3v) is 5.26. The number of benzene rings is 1. The zero-order valence-electron chi connectivity index (χ0n) is 13.9. The molecule has 0 fully saturated rings. The van der Waals surface area contributed by atoms with E-state index < -0.39 is 11.8 Å².